The summed E-state index contributed by atoms with van der Waals surface area (Å²) in [5.74, 6) is 0. The molecule has 58 valence electrons. The Morgan fingerprint density at radius 2 is 2.20 bits per heavy atom. The van der Waals surface area contributed by atoms with Crippen LogP contribution < -0.4 is 5.43 Å². The van der Waals surface area contributed by atoms with E-state index in [4.69, 9.17) is 0 Å². The molecule has 0 unspecified atom stereocenters. The second kappa shape index (κ2) is 5.03. The Labute approximate surface area is 63.0 Å². The van der Waals surface area contributed by atoms with Gasteiger partial charge < -0.3 is 5.43 Å². The van der Waals surface area contributed by atoms with Crippen LogP contribution in [0, 0.1) is 0 Å². The summed E-state index contributed by atoms with van der Waals surface area (Å²) in [6, 6.07) is 0. The molecule has 0 heterocycles. The molecule has 0 aromatic carbocycles. The van der Waals surface area contributed by atoms with E-state index in [9.17, 15) is 0 Å². The zero-order valence-electron chi connectivity index (χ0n) is 7.23. The van der Waals surface area contributed by atoms with E-state index in [0.717, 1.165) is 12.1 Å². The van der Waals surface area contributed by atoms with Crippen LogP contribution in [0.5, 0.6) is 0 Å². The lowest BCUT2D eigenvalue weighted by atomic mass is 10.1. The average molecular weight is 140 g/mol. The van der Waals surface area contributed by atoms with Crippen LogP contribution in [0.2, 0.25) is 0 Å². The highest BCUT2D eigenvalue weighted by molar-refractivity contribution is 5.97. The largest absolute Gasteiger partial charge is 0.313 e. The molecule has 0 fully saturated rings. The SMILES string of the molecule is C/C=C(CC)/C(C)=N\NC. The number of allylic oxidation sites excluding steroid dienone is 2. The molecule has 0 aliphatic rings. The van der Waals surface area contributed by atoms with Gasteiger partial charge >= 0.3 is 0 Å². The normalized spacial score (nSPS) is 13.6. The molecule has 2 heteroatoms. The first kappa shape index (κ1) is 9.21. The number of rotatable bonds is 3. The summed E-state index contributed by atoms with van der Waals surface area (Å²) in [6.07, 6.45) is 3.14. The first-order valence-electron chi connectivity index (χ1n) is 3.62. The molecule has 0 saturated carbocycles. The fourth-order valence-corrected chi connectivity index (χ4v) is 0.908. The van der Waals surface area contributed by atoms with Crippen molar-refractivity contribution in [3.8, 4) is 0 Å². The Morgan fingerprint density at radius 1 is 1.60 bits per heavy atom. The van der Waals surface area contributed by atoms with Crippen molar-refractivity contribution < 1.29 is 0 Å². The summed E-state index contributed by atoms with van der Waals surface area (Å²) in [5.41, 5.74) is 5.14. The van der Waals surface area contributed by atoms with E-state index in [2.05, 4.69) is 23.5 Å². The van der Waals surface area contributed by atoms with Crippen molar-refractivity contribution in [3.05, 3.63) is 11.6 Å². The molecule has 0 atom stereocenters. The molecule has 0 bridgehead atoms. The van der Waals surface area contributed by atoms with Crippen LogP contribution in [0.25, 0.3) is 0 Å². The maximum Gasteiger partial charge on any atom is 0.0600 e. The third-order valence-electron chi connectivity index (χ3n) is 1.47. The van der Waals surface area contributed by atoms with Crippen molar-refractivity contribution in [2.24, 2.45) is 5.10 Å². The second-order valence-electron chi connectivity index (χ2n) is 2.09. The predicted octanol–water partition coefficient (Wildman–Crippen LogP) is 1.94. The van der Waals surface area contributed by atoms with Crippen molar-refractivity contribution in [2.75, 3.05) is 7.05 Å². The van der Waals surface area contributed by atoms with Crippen molar-refractivity contribution in [2.45, 2.75) is 27.2 Å². The molecule has 0 aliphatic carbocycles. The monoisotopic (exact) mass is 140 g/mol. The first-order valence-corrected chi connectivity index (χ1v) is 3.62. The lowest BCUT2D eigenvalue weighted by Crippen LogP contribution is -2.03. The van der Waals surface area contributed by atoms with Gasteiger partial charge in [-0.3, -0.25) is 0 Å². The van der Waals surface area contributed by atoms with Gasteiger partial charge in [0.2, 0.25) is 0 Å². The van der Waals surface area contributed by atoms with Gasteiger partial charge in [-0.1, -0.05) is 13.0 Å². The summed E-state index contributed by atoms with van der Waals surface area (Å²) in [4.78, 5) is 0. The van der Waals surface area contributed by atoms with Crippen LogP contribution in [0.15, 0.2) is 16.8 Å². The topological polar surface area (TPSA) is 24.4 Å². The van der Waals surface area contributed by atoms with Gasteiger partial charge in [0.05, 0.1) is 5.71 Å². The van der Waals surface area contributed by atoms with E-state index >= 15 is 0 Å². The Balaban J connectivity index is 4.16. The highest BCUT2D eigenvalue weighted by atomic mass is 15.3. The van der Waals surface area contributed by atoms with Crippen molar-refractivity contribution >= 4 is 5.71 Å². The maximum absolute atomic E-state index is 4.06. The van der Waals surface area contributed by atoms with E-state index in [-0.39, 0.29) is 0 Å². The molecule has 0 aliphatic heterocycles. The fraction of sp³-hybridized carbons (Fsp3) is 0.625. The Bertz CT molecular complexity index is 145. The third-order valence-corrected chi connectivity index (χ3v) is 1.47. The Kier molecular flexibility index (Phi) is 4.63. The van der Waals surface area contributed by atoms with E-state index in [1.807, 2.05) is 20.9 Å². The number of nitrogens with one attached hydrogen (secondary N) is 1. The van der Waals surface area contributed by atoms with Crippen LogP contribution in [0.4, 0.5) is 0 Å². The molecule has 0 aromatic heterocycles. The van der Waals surface area contributed by atoms with Crippen LogP contribution >= 0.6 is 0 Å². The van der Waals surface area contributed by atoms with Gasteiger partial charge in [-0.05, 0) is 25.8 Å². The number of nitrogens with zero attached hydrogens (tertiary/aromatic N) is 1. The molecule has 0 rings (SSSR count). The Morgan fingerprint density at radius 3 is 2.50 bits per heavy atom. The molecule has 10 heavy (non-hydrogen) atoms. The van der Waals surface area contributed by atoms with Crippen LogP contribution in [0.3, 0.4) is 0 Å². The minimum atomic E-state index is 1.05. The zero-order chi connectivity index (χ0) is 7.98. The van der Waals surface area contributed by atoms with Gasteiger partial charge in [0.25, 0.3) is 0 Å². The van der Waals surface area contributed by atoms with Crippen LogP contribution in [-0.2, 0) is 0 Å². The van der Waals surface area contributed by atoms with Gasteiger partial charge in [0.1, 0.15) is 0 Å². The molecule has 2 nitrogen and oxygen atoms in total. The van der Waals surface area contributed by atoms with E-state index in [1.54, 1.807) is 0 Å². The highest BCUT2D eigenvalue weighted by Gasteiger charge is 1.94. The second-order valence-corrected chi connectivity index (χ2v) is 2.09. The number of hydrogen-bond acceptors (Lipinski definition) is 2. The van der Waals surface area contributed by atoms with Crippen molar-refractivity contribution in [3.63, 3.8) is 0 Å². The smallest absolute Gasteiger partial charge is 0.0600 e. The summed E-state index contributed by atoms with van der Waals surface area (Å²) >= 11 is 0. The number of hydrogen-bond donors (Lipinski definition) is 1. The summed E-state index contributed by atoms with van der Waals surface area (Å²) in [5, 5.41) is 4.06. The molecule has 0 amide bonds. The van der Waals surface area contributed by atoms with E-state index in [0.29, 0.717) is 0 Å². The van der Waals surface area contributed by atoms with Crippen LogP contribution in [0.1, 0.15) is 27.2 Å². The van der Waals surface area contributed by atoms with Gasteiger partial charge in [-0.2, -0.15) is 5.10 Å². The maximum atomic E-state index is 4.06. The van der Waals surface area contributed by atoms with E-state index < -0.39 is 0 Å². The number of hydrazone groups is 1. The lowest BCUT2D eigenvalue weighted by molar-refractivity contribution is 0.895. The first-order chi connectivity index (χ1) is 4.76. The van der Waals surface area contributed by atoms with Crippen molar-refractivity contribution in [1.82, 2.24) is 5.43 Å². The summed E-state index contributed by atoms with van der Waals surface area (Å²) in [7, 11) is 1.81. The molecule has 0 radical (unpaired) electrons. The standard InChI is InChI=1S/C8H16N2/c1-5-8(6-2)7(3)10-9-4/h5,9H,6H2,1-4H3/b8-5+,10-7-. The van der Waals surface area contributed by atoms with E-state index in [1.165, 1.54) is 5.57 Å². The summed E-state index contributed by atoms with van der Waals surface area (Å²) < 4.78 is 0. The van der Waals surface area contributed by atoms with Gasteiger partial charge in [-0.25, -0.2) is 0 Å². The Hall–Kier alpha value is -0.790. The van der Waals surface area contributed by atoms with Gasteiger partial charge in [-0.15, -0.1) is 0 Å². The molecular formula is C8H16N2. The minimum Gasteiger partial charge on any atom is -0.313 e. The van der Waals surface area contributed by atoms with Crippen LogP contribution in [-0.4, -0.2) is 12.8 Å². The molecule has 0 saturated heterocycles. The molecule has 0 aromatic rings. The zero-order valence-corrected chi connectivity index (χ0v) is 7.23. The average Bonchev–Trinajstić information content (AvgIpc) is 1.91. The minimum absolute atomic E-state index is 1.05. The summed E-state index contributed by atoms with van der Waals surface area (Å²) in [6.45, 7) is 6.17. The lowest BCUT2D eigenvalue weighted by Gasteiger charge is -2.01. The van der Waals surface area contributed by atoms with Gasteiger partial charge in [0.15, 0.2) is 0 Å². The molecule has 1 N–H and O–H groups in total. The quantitative estimate of drug-likeness (QED) is 0.470. The molecule has 0 spiro atoms. The highest BCUT2D eigenvalue weighted by Crippen LogP contribution is 2.01. The molecular weight excluding hydrogens is 124 g/mol. The van der Waals surface area contributed by atoms with Gasteiger partial charge in [0, 0.05) is 7.05 Å². The van der Waals surface area contributed by atoms with Crippen molar-refractivity contribution in [1.29, 1.82) is 0 Å². The third kappa shape index (κ3) is 2.67. The predicted molar refractivity (Wildman–Crippen MR) is 46.2 cm³/mol. The fourth-order valence-electron chi connectivity index (χ4n) is 0.908.